The second kappa shape index (κ2) is 6.98. The maximum Gasteiger partial charge on any atom is 0.326 e. The van der Waals surface area contributed by atoms with E-state index >= 15 is 0 Å². The van der Waals surface area contributed by atoms with E-state index in [1.54, 1.807) is 13.0 Å². The van der Waals surface area contributed by atoms with Gasteiger partial charge >= 0.3 is 12.0 Å². The minimum Gasteiger partial charge on any atom is -0.458 e. The van der Waals surface area contributed by atoms with Crippen molar-refractivity contribution in [3.8, 4) is 0 Å². The predicted octanol–water partition coefficient (Wildman–Crippen LogP) is 2.55. The van der Waals surface area contributed by atoms with Gasteiger partial charge in [-0.2, -0.15) is 0 Å². The molecule has 3 amide bonds. The fourth-order valence-electron chi connectivity index (χ4n) is 3.95. The number of esters is 1. The van der Waals surface area contributed by atoms with E-state index in [1.165, 1.54) is 0 Å². The predicted molar refractivity (Wildman–Crippen MR) is 95.4 cm³/mol. The van der Waals surface area contributed by atoms with Crippen LogP contribution < -0.4 is 5.32 Å². The first-order valence-corrected chi connectivity index (χ1v) is 9.33. The van der Waals surface area contributed by atoms with E-state index in [4.69, 9.17) is 9.26 Å². The van der Waals surface area contributed by atoms with Gasteiger partial charge in [0.1, 0.15) is 30.1 Å². The summed E-state index contributed by atoms with van der Waals surface area (Å²) in [5.74, 6) is 0.148. The van der Waals surface area contributed by atoms with Gasteiger partial charge in [0.2, 0.25) is 0 Å². The number of ether oxygens (including phenoxy) is 1. The molecule has 0 atom stereocenters. The highest BCUT2D eigenvalue weighted by Gasteiger charge is 2.53. The largest absolute Gasteiger partial charge is 0.458 e. The molecule has 2 heterocycles. The summed E-state index contributed by atoms with van der Waals surface area (Å²) < 4.78 is 10.0. The number of imide groups is 1. The summed E-state index contributed by atoms with van der Waals surface area (Å²) in [7, 11) is 0. The fourth-order valence-corrected chi connectivity index (χ4v) is 3.95. The number of hydrogen-bond acceptors (Lipinski definition) is 6. The highest BCUT2D eigenvalue weighted by molar-refractivity contribution is 6.08. The molecule has 0 radical (unpaired) electrons. The zero-order valence-electron chi connectivity index (χ0n) is 16.3. The normalized spacial score (nSPS) is 25.8. The third-order valence-electron chi connectivity index (χ3n) is 5.65. The van der Waals surface area contributed by atoms with Crippen LogP contribution in [0.25, 0.3) is 0 Å². The Balaban J connectivity index is 1.57. The molecule has 3 rings (SSSR count). The average molecular weight is 377 g/mol. The van der Waals surface area contributed by atoms with Gasteiger partial charge in [0, 0.05) is 6.07 Å². The highest BCUT2D eigenvalue weighted by atomic mass is 16.5. The summed E-state index contributed by atoms with van der Waals surface area (Å²) >= 11 is 0. The molecule has 0 aromatic carbocycles. The number of carbonyl (C=O) groups excluding carboxylic acids is 3. The first-order chi connectivity index (χ1) is 12.6. The Bertz CT molecular complexity index is 741. The number of carbonyl (C=O) groups is 3. The lowest BCUT2D eigenvalue weighted by Crippen LogP contribution is -2.50. The molecule has 2 fully saturated rings. The van der Waals surface area contributed by atoms with E-state index in [9.17, 15) is 14.4 Å². The Morgan fingerprint density at radius 1 is 1.37 bits per heavy atom. The molecule has 1 N–H and O–H groups in total. The molecule has 1 aromatic rings. The van der Waals surface area contributed by atoms with Crippen LogP contribution in [0.4, 0.5) is 4.79 Å². The summed E-state index contributed by atoms with van der Waals surface area (Å²) in [6.07, 6.45) is 2.95. The lowest BCUT2D eigenvalue weighted by atomic mass is 9.67. The molecule has 8 nitrogen and oxygen atoms in total. The molecule has 1 aromatic heterocycles. The molecule has 0 bridgehead atoms. The van der Waals surface area contributed by atoms with Gasteiger partial charge in [-0.05, 0) is 43.9 Å². The van der Waals surface area contributed by atoms with Crippen LogP contribution in [0.3, 0.4) is 0 Å². The molecular weight excluding hydrogens is 350 g/mol. The third-order valence-corrected chi connectivity index (χ3v) is 5.65. The number of nitrogens with one attached hydrogen (secondary N) is 1. The molecule has 1 spiro atoms. The van der Waals surface area contributed by atoms with E-state index in [2.05, 4.69) is 31.2 Å². The van der Waals surface area contributed by atoms with Crippen LogP contribution in [0.5, 0.6) is 0 Å². The van der Waals surface area contributed by atoms with Gasteiger partial charge in [-0.25, -0.2) is 4.79 Å². The monoisotopic (exact) mass is 377 g/mol. The van der Waals surface area contributed by atoms with Gasteiger partial charge in [-0.3, -0.25) is 14.5 Å². The second-order valence-corrected chi connectivity index (χ2v) is 8.63. The van der Waals surface area contributed by atoms with Crippen LogP contribution in [0.2, 0.25) is 0 Å². The summed E-state index contributed by atoms with van der Waals surface area (Å²) in [6, 6.07) is 1.13. The van der Waals surface area contributed by atoms with Crippen LogP contribution in [0, 0.1) is 18.3 Å². The van der Waals surface area contributed by atoms with E-state index < -0.39 is 24.1 Å². The number of hydrogen-bond donors (Lipinski definition) is 1. The van der Waals surface area contributed by atoms with Crippen molar-refractivity contribution in [2.75, 3.05) is 6.54 Å². The van der Waals surface area contributed by atoms with Crippen LogP contribution in [-0.2, 0) is 20.9 Å². The van der Waals surface area contributed by atoms with Crippen molar-refractivity contribution in [1.29, 1.82) is 0 Å². The van der Waals surface area contributed by atoms with Crippen molar-refractivity contribution < 1.29 is 23.6 Å². The Morgan fingerprint density at radius 2 is 2.04 bits per heavy atom. The number of rotatable bonds is 4. The van der Waals surface area contributed by atoms with Gasteiger partial charge in [-0.15, -0.1) is 0 Å². The number of nitrogens with zero attached hydrogens (tertiary/aromatic N) is 2. The molecule has 1 saturated carbocycles. The zero-order chi connectivity index (χ0) is 19.8. The van der Waals surface area contributed by atoms with E-state index in [-0.39, 0.29) is 17.9 Å². The van der Waals surface area contributed by atoms with Crippen molar-refractivity contribution in [3.05, 3.63) is 17.5 Å². The van der Waals surface area contributed by atoms with Crippen molar-refractivity contribution in [1.82, 2.24) is 15.4 Å². The SMILES string of the molecule is Cc1cc(COC(=O)CN2C(=O)NC3(CCC(C(C)(C)C)CC3)C2=O)no1. The fraction of sp³-hybridized carbons (Fsp3) is 0.684. The van der Waals surface area contributed by atoms with Gasteiger partial charge < -0.3 is 14.6 Å². The average Bonchev–Trinajstić information content (AvgIpc) is 3.10. The smallest absolute Gasteiger partial charge is 0.326 e. The van der Waals surface area contributed by atoms with E-state index in [1.807, 2.05) is 0 Å². The van der Waals surface area contributed by atoms with Gasteiger partial charge in [0.15, 0.2) is 0 Å². The molecule has 1 saturated heterocycles. The molecular formula is C19H27N3O5. The zero-order valence-corrected chi connectivity index (χ0v) is 16.3. The van der Waals surface area contributed by atoms with Crippen molar-refractivity contribution in [3.63, 3.8) is 0 Å². The Hall–Kier alpha value is -2.38. The molecule has 27 heavy (non-hydrogen) atoms. The minimum absolute atomic E-state index is 0.0573. The number of amides is 3. The van der Waals surface area contributed by atoms with Crippen molar-refractivity contribution in [2.45, 2.75) is 65.5 Å². The Kier molecular flexibility index (Phi) is 5.01. The summed E-state index contributed by atoms with van der Waals surface area (Å²) in [6.45, 7) is 7.87. The number of aryl methyl sites for hydroxylation is 1. The minimum atomic E-state index is -0.873. The highest BCUT2D eigenvalue weighted by Crippen LogP contribution is 2.43. The van der Waals surface area contributed by atoms with Crippen LogP contribution in [-0.4, -0.2) is 40.0 Å². The first-order valence-electron chi connectivity index (χ1n) is 9.33. The Labute approximate surface area is 158 Å². The first kappa shape index (κ1) is 19.4. The molecule has 148 valence electrons. The Morgan fingerprint density at radius 3 is 2.59 bits per heavy atom. The van der Waals surface area contributed by atoms with Gasteiger partial charge in [-0.1, -0.05) is 25.9 Å². The van der Waals surface area contributed by atoms with Crippen molar-refractivity contribution >= 4 is 17.9 Å². The lowest BCUT2D eigenvalue weighted by molar-refractivity contribution is -0.149. The standard InChI is InChI=1S/C19H27N3O5/c1-12-9-14(21-27-12)11-26-15(23)10-22-16(24)19(20-17(22)25)7-5-13(6-8-19)18(2,3)4/h9,13H,5-8,10-11H2,1-4H3,(H,20,25). The van der Waals surface area contributed by atoms with E-state index in [0.717, 1.165) is 17.7 Å². The van der Waals surface area contributed by atoms with Crippen LogP contribution in [0.1, 0.15) is 57.9 Å². The second-order valence-electron chi connectivity index (χ2n) is 8.63. The summed E-state index contributed by atoms with van der Waals surface area (Å²) in [4.78, 5) is 38.2. The quantitative estimate of drug-likeness (QED) is 0.639. The van der Waals surface area contributed by atoms with Crippen LogP contribution in [0.15, 0.2) is 10.6 Å². The van der Waals surface area contributed by atoms with Gasteiger partial charge in [0.05, 0.1) is 0 Å². The van der Waals surface area contributed by atoms with E-state index in [0.29, 0.717) is 30.2 Å². The molecule has 0 unspecified atom stereocenters. The number of urea groups is 1. The molecule has 2 aliphatic rings. The lowest BCUT2D eigenvalue weighted by Gasteiger charge is -2.40. The van der Waals surface area contributed by atoms with Gasteiger partial charge in [0.25, 0.3) is 5.91 Å². The maximum absolute atomic E-state index is 12.9. The maximum atomic E-state index is 12.9. The van der Waals surface area contributed by atoms with Crippen molar-refractivity contribution in [2.24, 2.45) is 11.3 Å². The molecule has 1 aliphatic heterocycles. The number of aromatic nitrogens is 1. The topological polar surface area (TPSA) is 102 Å². The molecule has 1 aliphatic carbocycles. The van der Waals surface area contributed by atoms with Crippen LogP contribution >= 0.6 is 0 Å². The summed E-state index contributed by atoms with van der Waals surface area (Å²) in [5.41, 5.74) is -0.214. The third kappa shape index (κ3) is 3.99. The summed E-state index contributed by atoms with van der Waals surface area (Å²) in [5, 5.41) is 6.56. The molecule has 8 heteroatoms.